The molecule has 1 aromatic rings. The number of aromatic nitrogens is 1. The molecule has 0 amide bonds. The Morgan fingerprint density at radius 2 is 2.29 bits per heavy atom. The van der Waals surface area contributed by atoms with E-state index in [0.29, 0.717) is 13.1 Å². The van der Waals surface area contributed by atoms with Crippen LogP contribution in [-0.2, 0) is 6.54 Å². The van der Waals surface area contributed by atoms with Gasteiger partial charge < -0.3 is 15.7 Å². The van der Waals surface area contributed by atoms with Crippen LogP contribution in [0, 0.1) is 0 Å². The smallest absolute Gasteiger partial charge is 0.128 e. The second-order valence-corrected chi connectivity index (χ2v) is 3.03. The number of nitrogens with zero attached hydrogens (tertiary/aromatic N) is 2. The van der Waals surface area contributed by atoms with Crippen LogP contribution < -0.4 is 10.6 Å². The number of likely N-dealkylation sites (N-methyl/N-ethyl adjacent to an activating group) is 1. The largest absolute Gasteiger partial charge is 0.395 e. The van der Waals surface area contributed by atoms with Gasteiger partial charge in [0.1, 0.15) is 5.82 Å². The third-order valence-electron chi connectivity index (χ3n) is 2.12. The van der Waals surface area contributed by atoms with Crippen molar-refractivity contribution in [2.24, 2.45) is 5.73 Å². The Kier molecular flexibility index (Phi) is 4.35. The van der Waals surface area contributed by atoms with Crippen LogP contribution in [-0.4, -0.2) is 29.8 Å². The van der Waals surface area contributed by atoms with Crippen molar-refractivity contribution in [1.29, 1.82) is 0 Å². The van der Waals surface area contributed by atoms with Crippen molar-refractivity contribution in [3.8, 4) is 0 Å². The van der Waals surface area contributed by atoms with E-state index in [9.17, 15) is 0 Å². The van der Waals surface area contributed by atoms with E-state index in [1.807, 2.05) is 24.0 Å². The summed E-state index contributed by atoms with van der Waals surface area (Å²) in [6.45, 7) is 4.16. The lowest BCUT2D eigenvalue weighted by Crippen LogP contribution is -2.26. The van der Waals surface area contributed by atoms with E-state index in [4.69, 9.17) is 10.8 Å². The van der Waals surface area contributed by atoms with Crippen molar-refractivity contribution >= 4 is 5.82 Å². The number of rotatable bonds is 5. The molecule has 0 saturated carbocycles. The van der Waals surface area contributed by atoms with E-state index in [1.165, 1.54) is 0 Å². The molecule has 1 heterocycles. The van der Waals surface area contributed by atoms with Gasteiger partial charge in [-0.2, -0.15) is 0 Å². The topological polar surface area (TPSA) is 62.4 Å². The van der Waals surface area contributed by atoms with Crippen molar-refractivity contribution in [2.75, 3.05) is 24.6 Å². The third-order valence-corrected chi connectivity index (χ3v) is 2.12. The molecule has 0 bridgehead atoms. The molecule has 78 valence electrons. The van der Waals surface area contributed by atoms with Gasteiger partial charge in [-0.3, -0.25) is 0 Å². The van der Waals surface area contributed by atoms with E-state index < -0.39 is 0 Å². The molecule has 0 aliphatic rings. The zero-order chi connectivity index (χ0) is 10.4. The van der Waals surface area contributed by atoms with E-state index in [1.54, 1.807) is 6.20 Å². The Morgan fingerprint density at radius 3 is 2.71 bits per heavy atom. The number of hydrogen-bond donors (Lipinski definition) is 2. The summed E-state index contributed by atoms with van der Waals surface area (Å²) in [4.78, 5) is 6.29. The van der Waals surface area contributed by atoms with Gasteiger partial charge in [0, 0.05) is 25.8 Å². The Balaban J connectivity index is 2.73. The fourth-order valence-corrected chi connectivity index (χ4v) is 1.28. The van der Waals surface area contributed by atoms with E-state index in [-0.39, 0.29) is 6.61 Å². The first-order valence-electron chi connectivity index (χ1n) is 4.82. The van der Waals surface area contributed by atoms with Crippen LogP contribution in [0.4, 0.5) is 5.82 Å². The van der Waals surface area contributed by atoms with Gasteiger partial charge in [0.05, 0.1) is 6.61 Å². The molecule has 0 saturated heterocycles. The fourth-order valence-electron chi connectivity index (χ4n) is 1.28. The third kappa shape index (κ3) is 2.68. The van der Waals surface area contributed by atoms with E-state index in [2.05, 4.69) is 4.98 Å². The van der Waals surface area contributed by atoms with Gasteiger partial charge in [0.2, 0.25) is 0 Å². The predicted molar refractivity (Wildman–Crippen MR) is 57.1 cm³/mol. The summed E-state index contributed by atoms with van der Waals surface area (Å²) in [6, 6.07) is 3.89. The molecule has 0 unspecified atom stereocenters. The van der Waals surface area contributed by atoms with Gasteiger partial charge in [-0.25, -0.2) is 4.98 Å². The second kappa shape index (κ2) is 5.57. The van der Waals surface area contributed by atoms with Gasteiger partial charge in [-0.15, -0.1) is 0 Å². The predicted octanol–water partition coefficient (Wildman–Crippen LogP) is 0.359. The Morgan fingerprint density at radius 1 is 1.50 bits per heavy atom. The molecule has 0 spiro atoms. The van der Waals surface area contributed by atoms with Crippen LogP contribution in [0.15, 0.2) is 18.3 Å². The van der Waals surface area contributed by atoms with Gasteiger partial charge in [-0.05, 0) is 18.6 Å². The van der Waals surface area contributed by atoms with E-state index in [0.717, 1.165) is 17.9 Å². The van der Waals surface area contributed by atoms with Crippen LogP contribution in [0.1, 0.15) is 12.5 Å². The molecule has 3 N–H and O–H groups in total. The summed E-state index contributed by atoms with van der Waals surface area (Å²) in [5.41, 5.74) is 6.50. The number of aliphatic hydroxyl groups excluding tert-OH is 1. The summed E-state index contributed by atoms with van der Waals surface area (Å²) in [7, 11) is 0. The fraction of sp³-hybridized carbons (Fsp3) is 0.500. The van der Waals surface area contributed by atoms with Crippen molar-refractivity contribution in [3.05, 3.63) is 23.9 Å². The number of nitrogens with two attached hydrogens (primary N) is 1. The first-order valence-corrected chi connectivity index (χ1v) is 4.82. The SMILES string of the molecule is CCN(CCO)c1ccc(CN)cn1. The molecule has 1 rings (SSSR count). The number of anilines is 1. The molecule has 0 aliphatic heterocycles. The highest BCUT2D eigenvalue weighted by atomic mass is 16.3. The summed E-state index contributed by atoms with van der Waals surface area (Å²) >= 11 is 0. The zero-order valence-electron chi connectivity index (χ0n) is 8.48. The molecule has 0 fully saturated rings. The summed E-state index contributed by atoms with van der Waals surface area (Å²) in [5, 5.41) is 8.84. The van der Waals surface area contributed by atoms with Crippen LogP contribution in [0.5, 0.6) is 0 Å². The van der Waals surface area contributed by atoms with Crippen molar-refractivity contribution in [2.45, 2.75) is 13.5 Å². The second-order valence-electron chi connectivity index (χ2n) is 3.03. The molecule has 0 atom stereocenters. The Bertz CT molecular complexity index is 261. The van der Waals surface area contributed by atoms with Crippen molar-refractivity contribution < 1.29 is 5.11 Å². The van der Waals surface area contributed by atoms with Crippen LogP contribution in [0.25, 0.3) is 0 Å². The summed E-state index contributed by atoms with van der Waals surface area (Å²) < 4.78 is 0. The van der Waals surface area contributed by atoms with E-state index >= 15 is 0 Å². The maximum absolute atomic E-state index is 8.84. The highest BCUT2D eigenvalue weighted by molar-refractivity contribution is 5.38. The first-order chi connectivity index (χ1) is 6.81. The molecule has 14 heavy (non-hydrogen) atoms. The van der Waals surface area contributed by atoms with Crippen molar-refractivity contribution in [3.63, 3.8) is 0 Å². The lowest BCUT2D eigenvalue weighted by atomic mass is 10.3. The van der Waals surface area contributed by atoms with Crippen LogP contribution >= 0.6 is 0 Å². The van der Waals surface area contributed by atoms with Crippen molar-refractivity contribution in [1.82, 2.24) is 4.98 Å². The maximum Gasteiger partial charge on any atom is 0.128 e. The average molecular weight is 195 g/mol. The normalized spacial score (nSPS) is 10.2. The minimum Gasteiger partial charge on any atom is -0.395 e. The minimum absolute atomic E-state index is 0.147. The molecule has 0 aliphatic carbocycles. The van der Waals surface area contributed by atoms with Gasteiger partial charge >= 0.3 is 0 Å². The highest BCUT2D eigenvalue weighted by Gasteiger charge is 2.03. The van der Waals surface area contributed by atoms with Gasteiger partial charge in [0.15, 0.2) is 0 Å². The number of aliphatic hydroxyl groups is 1. The Hall–Kier alpha value is -1.13. The first kappa shape index (κ1) is 10.9. The monoisotopic (exact) mass is 195 g/mol. The molecule has 0 radical (unpaired) electrons. The molecule has 4 heteroatoms. The maximum atomic E-state index is 8.84. The molecular weight excluding hydrogens is 178 g/mol. The average Bonchev–Trinajstić information content (AvgIpc) is 2.26. The van der Waals surface area contributed by atoms with Gasteiger partial charge in [-0.1, -0.05) is 6.07 Å². The molecule has 1 aromatic heterocycles. The zero-order valence-corrected chi connectivity index (χ0v) is 8.48. The quantitative estimate of drug-likeness (QED) is 0.712. The van der Waals surface area contributed by atoms with Crippen LogP contribution in [0.3, 0.4) is 0 Å². The number of hydrogen-bond acceptors (Lipinski definition) is 4. The summed E-state index contributed by atoms with van der Waals surface area (Å²) in [6.07, 6.45) is 1.77. The van der Waals surface area contributed by atoms with Gasteiger partial charge in [0.25, 0.3) is 0 Å². The Labute approximate surface area is 84.4 Å². The standard InChI is InChI=1S/C10H17N3O/c1-2-13(5-6-14)10-4-3-9(7-11)8-12-10/h3-4,8,14H,2,5-7,11H2,1H3. The lowest BCUT2D eigenvalue weighted by molar-refractivity contribution is 0.302. The molecular formula is C10H17N3O. The molecule has 0 aromatic carbocycles. The lowest BCUT2D eigenvalue weighted by Gasteiger charge is -2.20. The van der Waals surface area contributed by atoms with Crippen LogP contribution in [0.2, 0.25) is 0 Å². The highest BCUT2D eigenvalue weighted by Crippen LogP contribution is 2.10. The number of pyridine rings is 1. The minimum atomic E-state index is 0.147. The summed E-state index contributed by atoms with van der Waals surface area (Å²) in [5.74, 6) is 0.888. The molecule has 4 nitrogen and oxygen atoms in total.